The van der Waals surface area contributed by atoms with Gasteiger partial charge in [-0.2, -0.15) is 0 Å². The third-order valence-electron chi connectivity index (χ3n) is 3.51. The van der Waals surface area contributed by atoms with E-state index in [4.69, 9.17) is 5.73 Å². The minimum Gasteiger partial charge on any atom is -0.397 e. The van der Waals surface area contributed by atoms with Crippen LogP contribution in [0, 0.1) is 11.7 Å². The zero-order valence-electron chi connectivity index (χ0n) is 10.5. The first-order chi connectivity index (χ1) is 8.56. The van der Waals surface area contributed by atoms with Gasteiger partial charge in [-0.1, -0.05) is 0 Å². The van der Waals surface area contributed by atoms with Crippen LogP contribution in [0.15, 0.2) is 16.6 Å². The summed E-state index contributed by atoms with van der Waals surface area (Å²) < 4.78 is 13.8. The Morgan fingerprint density at radius 3 is 2.78 bits per heavy atom. The third kappa shape index (κ3) is 3.36. The lowest BCUT2D eigenvalue weighted by Gasteiger charge is -2.29. The highest BCUT2D eigenvalue weighted by Gasteiger charge is 2.16. The van der Waals surface area contributed by atoms with E-state index in [1.807, 2.05) is 0 Å². The lowest BCUT2D eigenvalue weighted by Crippen LogP contribution is -2.33. The topological polar surface area (TPSA) is 41.3 Å². The van der Waals surface area contributed by atoms with Gasteiger partial charge in [-0.05, 0) is 60.9 Å². The van der Waals surface area contributed by atoms with Gasteiger partial charge < -0.3 is 16.0 Å². The van der Waals surface area contributed by atoms with E-state index >= 15 is 0 Å². The van der Waals surface area contributed by atoms with Crippen LogP contribution >= 0.6 is 15.9 Å². The summed E-state index contributed by atoms with van der Waals surface area (Å²) in [6.07, 6.45) is 2.37. The minimum absolute atomic E-state index is 0.282. The van der Waals surface area contributed by atoms with Crippen molar-refractivity contribution < 1.29 is 4.39 Å². The van der Waals surface area contributed by atoms with Gasteiger partial charge in [-0.3, -0.25) is 0 Å². The number of likely N-dealkylation sites (tertiary alicyclic amines) is 1. The number of hydrogen-bond donors (Lipinski definition) is 2. The van der Waals surface area contributed by atoms with E-state index in [0.29, 0.717) is 21.8 Å². The second-order valence-corrected chi connectivity index (χ2v) is 5.84. The van der Waals surface area contributed by atoms with Gasteiger partial charge in [0.1, 0.15) is 5.82 Å². The van der Waals surface area contributed by atoms with Crippen LogP contribution in [0.4, 0.5) is 15.8 Å². The minimum atomic E-state index is -0.282. The summed E-state index contributed by atoms with van der Waals surface area (Å²) in [5, 5.41) is 3.26. The molecule has 0 amide bonds. The van der Waals surface area contributed by atoms with Crippen molar-refractivity contribution in [3.8, 4) is 0 Å². The van der Waals surface area contributed by atoms with Crippen molar-refractivity contribution in [1.29, 1.82) is 0 Å². The Labute approximate surface area is 116 Å². The molecule has 0 aliphatic carbocycles. The van der Waals surface area contributed by atoms with Crippen molar-refractivity contribution in [1.82, 2.24) is 4.90 Å². The van der Waals surface area contributed by atoms with Crippen molar-refractivity contribution in [3.05, 3.63) is 22.4 Å². The molecule has 1 aromatic rings. The predicted molar refractivity (Wildman–Crippen MR) is 77.2 cm³/mol. The van der Waals surface area contributed by atoms with E-state index in [1.165, 1.54) is 18.9 Å². The Morgan fingerprint density at radius 2 is 2.11 bits per heavy atom. The van der Waals surface area contributed by atoms with Gasteiger partial charge in [0, 0.05) is 12.6 Å². The van der Waals surface area contributed by atoms with Gasteiger partial charge in [-0.15, -0.1) is 0 Å². The molecule has 1 fully saturated rings. The van der Waals surface area contributed by atoms with Gasteiger partial charge in [0.05, 0.1) is 15.8 Å². The highest BCUT2D eigenvalue weighted by molar-refractivity contribution is 9.10. The van der Waals surface area contributed by atoms with E-state index in [2.05, 4.69) is 33.2 Å². The molecule has 1 aliphatic heterocycles. The quantitative estimate of drug-likeness (QED) is 0.843. The second kappa shape index (κ2) is 5.89. The van der Waals surface area contributed by atoms with E-state index in [-0.39, 0.29) is 5.82 Å². The molecule has 1 heterocycles. The summed E-state index contributed by atoms with van der Waals surface area (Å²) >= 11 is 3.13. The monoisotopic (exact) mass is 315 g/mol. The normalized spacial score (nSPS) is 17.9. The molecule has 3 nitrogen and oxygen atoms in total. The fourth-order valence-electron chi connectivity index (χ4n) is 2.24. The maximum atomic E-state index is 13.4. The number of piperidine rings is 1. The maximum Gasteiger partial charge on any atom is 0.139 e. The zero-order valence-corrected chi connectivity index (χ0v) is 12.1. The van der Waals surface area contributed by atoms with Crippen LogP contribution in [0.1, 0.15) is 12.8 Å². The Kier molecular flexibility index (Phi) is 4.45. The molecule has 0 unspecified atom stereocenters. The molecule has 5 heteroatoms. The summed E-state index contributed by atoms with van der Waals surface area (Å²) in [5.41, 5.74) is 7.13. The molecule has 0 aromatic heterocycles. The van der Waals surface area contributed by atoms with Gasteiger partial charge in [0.2, 0.25) is 0 Å². The number of nitrogens with one attached hydrogen (secondary N) is 1. The number of nitrogen functional groups attached to an aromatic ring is 1. The Balaban J connectivity index is 1.92. The zero-order chi connectivity index (χ0) is 13.1. The fraction of sp³-hybridized carbons (Fsp3) is 0.538. The first kappa shape index (κ1) is 13.6. The molecule has 2 rings (SSSR count). The highest BCUT2D eigenvalue weighted by Crippen LogP contribution is 2.27. The Bertz CT molecular complexity index is 417. The Morgan fingerprint density at radius 1 is 1.44 bits per heavy atom. The standard InChI is InChI=1S/C13H19BrFN3/c1-18-4-2-9(3-5-18)8-17-13-7-11(15)10(14)6-12(13)16/h6-7,9,17H,2-5,8,16H2,1H3. The number of rotatable bonds is 3. The Hall–Kier alpha value is -0.810. The number of hydrogen-bond acceptors (Lipinski definition) is 3. The molecular formula is C13H19BrFN3. The largest absolute Gasteiger partial charge is 0.397 e. The van der Waals surface area contributed by atoms with E-state index in [0.717, 1.165) is 19.6 Å². The van der Waals surface area contributed by atoms with Crippen molar-refractivity contribution in [2.45, 2.75) is 12.8 Å². The van der Waals surface area contributed by atoms with Gasteiger partial charge >= 0.3 is 0 Å². The van der Waals surface area contributed by atoms with Crippen molar-refractivity contribution in [2.24, 2.45) is 5.92 Å². The first-order valence-corrected chi connectivity index (χ1v) is 7.02. The molecule has 0 bridgehead atoms. The molecule has 18 heavy (non-hydrogen) atoms. The number of benzene rings is 1. The number of anilines is 2. The average Bonchev–Trinajstić information content (AvgIpc) is 2.34. The lowest BCUT2D eigenvalue weighted by atomic mass is 9.97. The molecule has 0 saturated carbocycles. The van der Waals surface area contributed by atoms with Gasteiger partial charge in [-0.25, -0.2) is 4.39 Å². The molecule has 0 atom stereocenters. The van der Waals surface area contributed by atoms with Crippen molar-refractivity contribution >= 4 is 27.3 Å². The van der Waals surface area contributed by atoms with Crippen LogP contribution in [0.2, 0.25) is 0 Å². The molecule has 1 aromatic carbocycles. The molecule has 1 aliphatic rings. The SMILES string of the molecule is CN1CCC(CNc2cc(F)c(Br)cc2N)CC1. The van der Waals surface area contributed by atoms with Crippen LogP contribution in [0.3, 0.4) is 0 Å². The van der Waals surface area contributed by atoms with E-state index in [9.17, 15) is 4.39 Å². The summed E-state index contributed by atoms with van der Waals surface area (Å²) in [5.74, 6) is 0.363. The lowest BCUT2D eigenvalue weighted by molar-refractivity contribution is 0.226. The molecule has 100 valence electrons. The fourth-order valence-corrected chi connectivity index (χ4v) is 2.60. The third-order valence-corrected chi connectivity index (χ3v) is 4.12. The van der Waals surface area contributed by atoms with Gasteiger partial charge in [0.25, 0.3) is 0 Å². The maximum absolute atomic E-state index is 13.4. The average molecular weight is 316 g/mol. The van der Waals surface area contributed by atoms with Crippen LogP contribution in [0.5, 0.6) is 0 Å². The summed E-state index contributed by atoms with van der Waals surface area (Å²) in [7, 11) is 2.14. The molecular weight excluding hydrogens is 297 g/mol. The van der Waals surface area contributed by atoms with Crippen LogP contribution < -0.4 is 11.1 Å². The van der Waals surface area contributed by atoms with Crippen molar-refractivity contribution in [3.63, 3.8) is 0 Å². The summed E-state index contributed by atoms with van der Waals surface area (Å²) in [6.45, 7) is 3.13. The number of nitrogens with zero attached hydrogens (tertiary/aromatic N) is 1. The smallest absolute Gasteiger partial charge is 0.139 e. The van der Waals surface area contributed by atoms with Crippen LogP contribution in [-0.2, 0) is 0 Å². The summed E-state index contributed by atoms with van der Waals surface area (Å²) in [6, 6.07) is 3.06. The number of halogens is 2. The van der Waals surface area contributed by atoms with Gasteiger partial charge in [0.15, 0.2) is 0 Å². The van der Waals surface area contributed by atoms with E-state index in [1.54, 1.807) is 6.07 Å². The molecule has 1 saturated heterocycles. The van der Waals surface area contributed by atoms with Crippen LogP contribution in [0.25, 0.3) is 0 Å². The summed E-state index contributed by atoms with van der Waals surface area (Å²) in [4.78, 5) is 2.34. The molecule has 3 N–H and O–H groups in total. The highest BCUT2D eigenvalue weighted by atomic mass is 79.9. The van der Waals surface area contributed by atoms with Crippen molar-refractivity contribution in [2.75, 3.05) is 37.7 Å². The molecule has 0 spiro atoms. The molecule has 0 radical (unpaired) electrons. The number of nitrogens with two attached hydrogens (primary N) is 1. The van der Waals surface area contributed by atoms with Crippen LogP contribution in [-0.4, -0.2) is 31.6 Å². The second-order valence-electron chi connectivity index (χ2n) is 4.98. The predicted octanol–water partition coefficient (Wildman–Crippen LogP) is 2.92. The van der Waals surface area contributed by atoms with E-state index < -0.39 is 0 Å². The first-order valence-electron chi connectivity index (χ1n) is 6.23.